The van der Waals surface area contributed by atoms with Gasteiger partial charge in [-0.2, -0.15) is 0 Å². The number of carbonyl (C=O) groups excluding carboxylic acids is 1. The molecule has 1 fully saturated rings. The maximum Gasteiger partial charge on any atom is 0.330 e. The van der Waals surface area contributed by atoms with Crippen LogP contribution in [-0.2, 0) is 9.59 Å². The Kier molecular flexibility index (Phi) is 4.61. The minimum absolute atomic E-state index is 0.230. The summed E-state index contributed by atoms with van der Waals surface area (Å²) in [7, 11) is 1.54. The van der Waals surface area contributed by atoms with E-state index in [1.807, 2.05) is 30.3 Å². The van der Waals surface area contributed by atoms with Crippen molar-refractivity contribution in [3.05, 3.63) is 60.2 Å². The summed E-state index contributed by atoms with van der Waals surface area (Å²) in [5.74, 6) is -0.632. The van der Waals surface area contributed by atoms with Crippen LogP contribution >= 0.6 is 0 Å². The van der Waals surface area contributed by atoms with Crippen LogP contribution in [0.25, 0.3) is 0 Å². The number of nitrogens with one attached hydrogen (secondary N) is 1. The highest BCUT2D eigenvalue weighted by Gasteiger charge is 2.62. The second-order valence-corrected chi connectivity index (χ2v) is 5.96. The molecule has 2 N–H and O–H groups in total. The van der Waals surface area contributed by atoms with Gasteiger partial charge in [-0.05, 0) is 24.1 Å². The summed E-state index contributed by atoms with van der Waals surface area (Å²) in [5, 5.41) is 12.2. The largest absolute Gasteiger partial charge is 0.497 e. The number of ether oxygens (including phenoxy) is 2. The minimum atomic E-state index is -1.25. The Labute approximate surface area is 145 Å². The Balaban J connectivity index is 1.62. The average molecular weight is 341 g/mol. The minimum Gasteiger partial charge on any atom is -0.497 e. The Hall–Kier alpha value is -3.02. The number of carboxylic acids is 1. The topological polar surface area (TPSA) is 84.9 Å². The van der Waals surface area contributed by atoms with Crippen molar-refractivity contribution in [2.24, 2.45) is 0 Å². The van der Waals surface area contributed by atoms with E-state index in [1.54, 1.807) is 31.4 Å². The maximum absolute atomic E-state index is 12.2. The SMILES string of the molecule is COc1cccc(OCC(=O)NC2(C(=O)O)CC2c2ccccc2)c1. The van der Waals surface area contributed by atoms with E-state index in [-0.39, 0.29) is 12.5 Å². The van der Waals surface area contributed by atoms with Crippen LogP contribution in [-0.4, -0.2) is 36.2 Å². The highest BCUT2D eigenvalue weighted by molar-refractivity contribution is 5.92. The van der Waals surface area contributed by atoms with Gasteiger partial charge in [-0.25, -0.2) is 4.79 Å². The molecule has 1 amide bonds. The standard InChI is InChI=1S/C19H19NO5/c1-24-14-8-5-9-15(10-14)25-12-17(21)20-19(18(22)23)11-16(19)13-6-3-2-4-7-13/h2-10,16H,11-12H2,1H3,(H,20,21)(H,22,23). The van der Waals surface area contributed by atoms with Gasteiger partial charge in [-0.1, -0.05) is 36.4 Å². The Morgan fingerprint density at radius 1 is 1.16 bits per heavy atom. The molecular weight excluding hydrogens is 322 g/mol. The van der Waals surface area contributed by atoms with Crippen LogP contribution in [0.5, 0.6) is 11.5 Å². The fourth-order valence-corrected chi connectivity index (χ4v) is 2.90. The molecule has 0 spiro atoms. The molecule has 6 nitrogen and oxygen atoms in total. The van der Waals surface area contributed by atoms with Crippen molar-refractivity contribution in [3.8, 4) is 11.5 Å². The fourth-order valence-electron chi connectivity index (χ4n) is 2.90. The van der Waals surface area contributed by atoms with E-state index in [2.05, 4.69) is 5.32 Å². The van der Waals surface area contributed by atoms with E-state index in [0.717, 1.165) is 5.56 Å². The molecule has 6 heteroatoms. The number of rotatable bonds is 7. The van der Waals surface area contributed by atoms with Crippen LogP contribution in [0.3, 0.4) is 0 Å². The van der Waals surface area contributed by atoms with Gasteiger partial charge in [0, 0.05) is 12.0 Å². The van der Waals surface area contributed by atoms with Gasteiger partial charge in [0.1, 0.15) is 17.0 Å². The highest BCUT2D eigenvalue weighted by Crippen LogP contribution is 2.51. The van der Waals surface area contributed by atoms with Crippen LogP contribution < -0.4 is 14.8 Å². The average Bonchev–Trinajstić information content (AvgIpc) is 3.36. The van der Waals surface area contributed by atoms with Crippen molar-refractivity contribution >= 4 is 11.9 Å². The molecule has 0 heterocycles. The highest BCUT2D eigenvalue weighted by atomic mass is 16.5. The molecule has 1 saturated carbocycles. The van der Waals surface area contributed by atoms with Crippen molar-refractivity contribution in [2.75, 3.05) is 13.7 Å². The lowest BCUT2D eigenvalue weighted by Crippen LogP contribution is -2.46. The molecule has 2 aromatic rings. The van der Waals surface area contributed by atoms with Crippen LogP contribution in [0.2, 0.25) is 0 Å². The summed E-state index contributed by atoms with van der Waals surface area (Å²) in [4.78, 5) is 23.9. The fraction of sp³-hybridized carbons (Fsp3) is 0.263. The Bertz CT molecular complexity index is 776. The zero-order chi connectivity index (χ0) is 17.9. The number of benzene rings is 2. The first-order valence-electron chi connectivity index (χ1n) is 7.91. The number of methoxy groups -OCH3 is 1. The van der Waals surface area contributed by atoms with Gasteiger partial charge in [-0.3, -0.25) is 4.79 Å². The quantitative estimate of drug-likeness (QED) is 0.806. The lowest BCUT2D eigenvalue weighted by Gasteiger charge is -2.15. The van der Waals surface area contributed by atoms with Crippen LogP contribution in [0.1, 0.15) is 17.9 Å². The Morgan fingerprint density at radius 2 is 1.88 bits per heavy atom. The van der Waals surface area contributed by atoms with Gasteiger partial charge in [-0.15, -0.1) is 0 Å². The molecule has 2 unspecified atom stereocenters. The summed E-state index contributed by atoms with van der Waals surface area (Å²) >= 11 is 0. The summed E-state index contributed by atoms with van der Waals surface area (Å²) in [6, 6.07) is 16.2. The van der Waals surface area contributed by atoms with E-state index in [9.17, 15) is 14.7 Å². The van der Waals surface area contributed by atoms with Crippen LogP contribution in [0, 0.1) is 0 Å². The second-order valence-electron chi connectivity index (χ2n) is 5.96. The molecule has 1 aliphatic rings. The first-order valence-corrected chi connectivity index (χ1v) is 7.91. The zero-order valence-corrected chi connectivity index (χ0v) is 13.8. The molecule has 2 aromatic carbocycles. The number of hydrogen-bond acceptors (Lipinski definition) is 4. The zero-order valence-electron chi connectivity index (χ0n) is 13.8. The van der Waals surface area contributed by atoms with E-state index in [0.29, 0.717) is 17.9 Å². The molecule has 0 aliphatic heterocycles. The third-order valence-corrected chi connectivity index (χ3v) is 4.32. The number of hydrogen-bond donors (Lipinski definition) is 2. The van der Waals surface area contributed by atoms with Crippen LogP contribution in [0.4, 0.5) is 0 Å². The molecule has 0 saturated heterocycles. The summed E-state index contributed by atoms with van der Waals surface area (Å²) < 4.78 is 10.5. The van der Waals surface area contributed by atoms with Crippen molar-refractivity contribution in [1.82, 2.24) is 5.32 Å². The number of amides is 1. The van der Waals surface area contributed by atoms with Crippen molar-refractivity contribution in [1.29, 1.82) is 0 Å². The molecule has 3 rings (SSSR count). The number of carbonyl (C=O) groups is 2. The predicted octanol–water partition coefficient (Wildman–Crippen LogP) is 2.20. The van der Waals surface area contributed by atoms with E-state index >= 15 is 0 Å². The van der Waals surface area contributed by atoms with Gasteiger partial charge in [0.2, 0.25) is 0 Å². The van der Waals surface area contributed by atoms with E-state index in [4.69, 9.17) is 9.47 Å². The van der Waals surface area contributed by atoms with Gasteiger partial charge in [0.05, 0.1) is 7.11 Å². The summed E-state index contributed by atoms with van der Waals surface area (Å²) in [6.45, 7) is -0.260. The third-order valence-electron chi connectivity index (χ3n) is 4.32. The molecule has 0 radical (unpaired) electrons. The first-order chi connectivity index (χ1) is 12.0. The lowest BCUT2D eigenvalue weighted by molar-refractivity contribution is -0.143. The second kappa shape index (κ2) is 6.84. The van der Waals surface area contributed by atoms with Crippen molar-refractivity contribution in [2.45, 2.75) is 17.9 Å². The third kappa shape index (κ3) is 3.57. The molecular formula is C19H19NO5. The van der Waals surface area contributed by atoms with E-state index < -0.39 is 17.4 Å². The van der Waals surface area contributed by atoms with Crippen molar-refractivity contribution in [3.63, 3.8) is 0 Å². The van der Waals surface area contributed by atoms with Gasteiger partial charge in [0.15, 0.2) is 6.61 Å². The monoisotopic (exact) mass is 341 g/mol. The molecule has 0 aromatic heterocycles. The van der Waals surface area contributed by atoms with Crippen molar-refractivity contribution < 1.29 is 24.2 Å². The van der Waals surface area contributed by atoms with Gasteiger partial charge in [0.25, 0.3) is 5.91 Å². The first kappa shape index (κ1) is 16.8. The molecule has 25 heavy (non-hydrogen) atoms. The molecule has 0 bridgehead atoms. The number of aliphatic carboxylic acids is 1. The Morgan fingerprint density at radius 3 is 2.56 bits per heavy atom. The summed E-state index contributed by atoms with van der Waals surface area (Å²) in [6.07, 6.45) is 0.372. The summed E-state index contributed by atoms with van der Waals surface area (Å²) in [5.41, 5.74) is -0.352. The van der Waals surface area contributed by atoms with E-state index in [1.165, 1.54) is 0 Å². The normalized spacial score (nSPS) is 21.2. The maximum atomic E-state index is 12.2. The number of carboxylic acid groups (broad SMARTS) is 1. The van der Waals surface area contributed by atoms with Gasteiger partial charge >= 0.3 is 5.97 Å². The molecule has 1 aliphatic carbocycles. The smallest absolute Gasteiger partial charge is 0.330 e. The van der Waals surface area contributed by atoms with Gasteiger partial charge < -0.3 is 19.9 Å². The molecule has 2 atom stereocenters. The predicted molar refractivity (Wildman–Crippen MR) is 90.8 cm³/mol. The molecule has 130 valence electrons. The van der Waals surface area contributed by atoms with Crippen LogP contribution in [0.15, 0.2) is 54.6 Å². The lowest BCUT2D eigenvalue weighted by atomic mass is 10.1.